The summed E-state index contributed by atoms with van der Waals surface area (Å²) in [4.78, 5) is 12.1. The molecule has 2 aromatic carbocycles. The molecule has 0 aliphatic rings. The number of hydrogen-bond donors (Lipinski definition) is 0. The van der Waals surface area contributed by atoms with Gasteiger partial charge in [0.2, 0.25) is 0 Å². The lowest BCUT2D eigenvalue weighted by molar-refractivity contribution is -0.146. The van der Waals surface area contributed by atoms with Gasteiger partial charge in [0.15, 0.2) is 0 Å². The molecule has 0 aliphatic heterocycles. The molecule has 2 aromatic rings. The Morgan fingerprint density at radius 2 is 1.65 bits per heavy atom. The van der Waals surface area contributed by atoms with Crippen LogP contribution in [0.1, 0.15) is 24.0 Å². The molecule has 0 spiro atoms. The standard InChI is InChI=1S/C17H18O5S/c1-13(17(18)21-12-14-6-4-3-5-7-14)15-8-10-16(11-9-15)22-23(2,19)20/h3-11,13H,12H2,1-2H3. The lowest BCUT2D eigenvalue weighted by atomic mass is 10.0. The fraction of sp³-hybridized carbons (Fsp3) is 0.235. The van der Waals surface area contributed by atoms with Gasteiger partial charge in [0.25, 0.3) is 0 Å². The topological polar surface area (TPSA) is 69.7 Å². The number of benzene rings is 2. The predicted octanol–water partition coefficient (Wildman–Crippen LogP) is 2.87. The second kappa shape index (κ2) is 7.28. The van der Waals surface area contributed by atoms with Crippen LogP contribution in [-0.4, -0.2) is 20.6 Å². The highest BCUT2D eigenvalue weighted by atomic mass is 32.2. The van der Waals surface area contributed by atoms with Crippen LogP contribution >= 0.6 is 0 Å². The second-order valence-corrected chi connectivity index (χ2v) is 6.75. The van der Waals surface area contributed by atoms with E-state index < -0.39 is 16.0 Å². The molecule has 6 heteroatoms. The smallest absolute Gasteiger partial charge is 0.313 e. The van der Waals surface area contributed by atoms with Crippen LogP contribution in [0.2, 0.25) is 0 Å². The van der Waals surface area contributed by atoms with E-state index >= 15 is 0 Å². The summed E-state index contributed by atoms with van der Waals surface area (Å²) in [6, 6.07) is 15.7. The van der Waals surface area contributed by atoms with Crippen LogP contribution in [0.3, 0.4) is 0 Å². The van der Waals surface area contributed by atoms with Crippen LogP contribution in [-0.2, 0) is 26.3 Å². The molecule has 0 heterocycles. The van der Waals surface area contributed by atoms with Gasteiger partial charge >= 0.3 is 16.1 Å². The van der Waals surface area contributed by atoms with E-state index in [0.717, 1.165) is 17.4 Å². The molecular weight excluding hydrogens is 316 g/mol. The van der Waals surface area contributed by atoms with Gasteiger partial charge in [-0.2, -0.15) is 8.42 Å². The van der Waals surface area contributed by atoms with Gasteiger partial charge in [0.1, 0.15) is 12.4 Å². The van der Waals surface area contributed by atoms with Gasteiger partial charge in [-0.3, -0.25) is 4.79 Å². The molecular formula is C17H18O5S. The summed E-state index contributed by atoms with van der Waals surface area (Å²) in [7, 11) is -3.56. The zero-order valence-electron chi connectivity index (χ0n) is 12.9. The minimum absolute atomic E-state index is 0.209. The van der Waals surface area contributed by atoms with Gasteiger partial charge in [-0.25, -0.2) is 0 Å². The third-order valence-electron chi connectivity index (χ3n) is 3.21. The number of carbonyl (C=O) groups is 1. The zero-order chi connectivity index (χ0) is 16.9. The fourth-order valence-electron chi connectivity index (χ4n) is 1.98. The first-order valence-electron chi connectivity index (χ1n) is 7.05. The van der Waals surface area contributed by atoms with E-state index in [4.69, 9.17) is 8.92 Å². The van der Waals surface area contributed by atoms with Crippen LogP contribution in [0, 0.1) is 0 Å². The highest BCUT2D eigenvalue weighted by Gasteiger charge is 2.17. The summed E-state index contributed by atoms with van der Waals surface area (Å²) in [5, 5.41) is 0. The van der Waals surface area contributed by atoms with Gasteiger partial charge in [0, 0.05) is 0 Å². The molecule has 2 rings (SSSR count). The van der Waals surface area contributed by atoms with Crippen molar-refractivity contribution in [3.05, 3.63) is 65.7 Å². The van der Waals surface area contributed by atoms with E-state index in [1.54, 1.807) is 19.1 Å². The van der Waals surface area contributed by atoms with Crippen molar-refractivity contribution in [1.29, 1.82) is 0 Å². The minimum Gasteiger partial charge on any atom is -0.460 e. The Balaban J connectivity index is 1.96. The monoisotopic (exact) mass is 334 g/mol. The number of rotatable bonds is 6. The van der Waals surface area contributed by atoms with Crippen LogP contribution < -0.4 is 4.18 Å². The summed E-state index contributed by atoms with van der Waals surface area (Å²) >= 11 is 0. The van der Waals surface area contributed by atoms with Crippen molar-refractivity contribution in [1.82, 2.24) is 0 Å². The summed E-state index contributed by atoms with van der Waals surface area (Å²) in [5.41, 5.74) is 1.65. The lowest BCUT2D eigenvalue weighted by Crippen LogP contribution is -2.13. The van der Waals surface area contributed by atoms with Gasteiger partial charge in [-0.15, -0.1) is 0 Å². The first-order valence-corrected chi connectivity index (χ1v) is 8.87. The summed E-state index contributed by atoms with van der Waals surface area (Å²) in [5.74, 6) is -0.585. The molecule has 0 aromatic heterocycles. The Hall–Kier alpha value is -2.34. The number of carbonyl (C=O) groups excluding carboxylic acids is 1. The first-order chi connectivity index (χ1) is 10.8. The average molecular weight is 334 g/mol. The van der Waals surface area contributed by atoms with E-state index in [1.807, 2.05) is 30.3 Å². The van der Waals surface area contributed by atoms with E-state index in [2.05, 4.69) is 0 Å². The van der Waals surface area contributed by atoms with Crippen molar-refractivity contribution in [3.63, 3.8) is 0 Å². The molecule has 0 bridgehead atoms. The van der Waals surface area contributed by atoms with E-state index in [1.165, 1.54) is 12.1 Å². The van der Waals surface area contributed by atoms with E-state index in [0.29, 0.717) is 0 Å². The zero-order valence-corrected chi connectivity index (χ0v) is 13.7. The highest BCUT2D eigenvalue weighted by Crippen LogP contribution is 2.21. The first kappa shape index (κ1) is 17.0. The summed E-state index contributed by atoms with van der Waals surface area (Å²) in [6.45, 7) is 1.96. The van der Waals surface area contributed by atoms with Crippen molar-refractivity contribution in [2.45, 2.75) is 19.4 Å². The van der Waals surface area contributed by atoms with E-state index in [-0.39, 0.29) is 18.3 Å². The Labute approximate surface area is 136 Å². The molecule has 0 amide bonds. The molecule has 1 atom stereocenters. The molecule has 0 N–H and O–H groups in total. The number of ether oxygens (including phenoxy) is 1. The molecule has 23 heavy (non-hydrogen) atoms. The summed E-state index contributed by atoms with van der Waals surface area (Å²) in [6.07, 6.45) is 0.977. The fourth-order valence-corrected chi connectivity index (χ4v) is 2.44. The third kappa shape index (κ3) is 5.41. The van der Waals surface area contributed by atoms with Gasteiger partial charge in [-0.1, -0.05) is 42.5 Å². The Morgan fingerprint density at radius 3 is 2.22 bits per heavy atom. The quantitative estimate of drug-likeness (QED) is 0.600. The molecule has 0 radical (unpaired) electrons. The van der Waals surface area contributed by atoms with Crippen molar-refractivity contribution in [2.24, 2.45) is 0 Å². The lowest BCUT2D eigenvalue weighted by Gasteiger charge is -2.12. The maximum atomic E-state index is 12.1. The van der Waals surface area contributed by atoms with Crippen molar-refractivity contribution < 1.29 is 22.1 Å². The van der Waals surface area contributed by atoms with Gasteiger partial charge in [0.05, 0.1) is 12.2 Å². The van der Waals surface area contributed by atoms with E-state index in [9.17, 15) is 13.2 Å². The van der Waals surface area contributed by atoms with Crippen LogP contribution in [0.15, 0.2) is 54.6 Å². The van der Waals surface area contributed by atoms with Crippen molar-refractivity contribution in [3.8, 4) is 5.75 Å². The Kier molecular flexibility index (Phi) is 5.39. The number of esters is 1. The SMILES string of the molecule is CC(C(=O)OCc1ccccc1)c1ccc(OS(C)(=O)=O)cc1. The van der Waals surface area contributed by atoms with Gasteiger partial charge < -0.3 is 8.92 Å². The Morgan fingerprint density at radius 1 is 1.04 bits per heavy atom. The molecule has 122 valence electrons. The molecule has 1 unspecified atom stereocenters. The largest absolute Gasteiger partial charge is 0.460 e. The van der Waals surface area contributed by atoms with Crippen LogP contribution in [0.5, 0.6) is 5.75 Å². The maximum absolute atomic E-state index is 12.1. The molecule has 0 fully saturated rings. The van der Waals surface area contributed by atoms with Crippen molar-refractivity contribution in [2.75, 3.05) is 6.26 Å². The molecule has 0 saturated carbocycles. The van der Waals surface area contributed by atoms with Gasteiger partial charge in [-0.05, 0) is 30.2 Å². The summed E-state index contributed by atoms with van der Waals surface area (Å²) < 4.78 is 32.1. The Bertz CT molecular complexity index is 751. The maximum Gasteiger partial charge on any atom is 0.313 e. The van der Waals surface area contributed by atoms with Crippen LogP contribution in [0.25, 0.3) is 0 Å². The molecule has 0 aliphatic carbocycles. The molecule has 5 nitrogen and oxygen atoms in total. The normalized spacial score (nSPS) is 12.4. The minimum atomic E-state index is -3.56. The highest BCUT2D eigenvalue weighted by molar-refractivity contribution is 7.86. The predicted molar refractivity (Wildman–Crippen MR) is 86.6 cm³/mol. The van der Waals surface area contributed by atoms with Crippen LogP contribution in [0.4, 0.5) is 0 Å². The average Bonchev–Trinajstić information content (AvgIpc) is 2.52. The number of hydrogen-bond acceptors (Lipinski definition) is 5. The molecule has 0 saturated heterocycles. The second-order valence-electron chi connectivity index (χ2n) is 5.17. The van der Waals surface area contributed by atoms with Crippen molar-refractivity contribution >= 4 is 16.1 Å². The third-order valence-corrected chi connectivity index (χ3v) is 3.70.